The van der Waals surface area contributed by atoms with E-state index in [-0.39, 0.29) is 12.3 Å². The molecule has 0 unspecified atom stereocenters. The summed E-state index contributed by atoms with van der Waals surface area (Å²) in [6.45, 7) is 11.7. The molecule has 1 heterocycles. The Labute approximate surface area is 200 Å². The summed E-state index contributed by atoms with van der Waals surface area (Å²) in [4.78, 5) is 12.9. The van der Waals surface area contributed by atoms with Gasteiger partial charge in [-0.25, -0.2) is 4.68 Å². The summed E-state index contributed by atoms with van der Waals surface area (Å²) in [7, 11) is 0. The van der Waals surface area contributed by atoms with Crippen LogP contribution in [0.25, 0.3) is 0 Å². The van der Waals surface area contributed by atoms with E-state index in [2.05, 4.69) is 73.7 Å². The van der Waals surface area contributed by atoms with Crippen molar-refractivity contribution in [3.63, 3.8) is 0 Å². The first-order chi connectivity index (χ1) is 15.9. The number of tetrazole rings is 1. The summed E-state index contributed by atoms with van der Waals surface area (Å²) in [5, 5.41) is 15.2. The molecule has 1 aromatic carbocycles. The molecule has 6 heteroatoms. The smallest absolute Gasteiger partial charge is 0.232 e. The third kappa shape index (κ3) is 9.26. The zero-order valence-electron chi connectivity index (χ0n) is 21.6. The van der Waals surface area contributed by atoms with Crippen molar-refractivity contribution in [1.82, 2.24) is 20.2 Å². The van der Waals surface area contributed by atoms with Gasteiger partial charge in [0, 0.05) is 12.2 Å². The van der Waals surface area contributed by atoms with Crippen LogP contribution in [-0.2, 0) is 17.8 Å². The monoisotopic (exact) mass is 455 g/mol. The Morgan fingerprint density at radius 3 is 1.97 bits per heavy atom. The van der Waals surface area contributed by atoms with Crippen molar-refractivity contribution < 1.29 is 4.79 Å². The van der Waals surface area contributed by atoms with Gasteiger partial charge in [0.05, 0.1) is 6.42 Å². The maximum atomic E-state index is 12.9. The molecule has 0 spiro atoms. The highest BCUT2D eigenvalue weighted by Crippen LogP contribution is 2.32. The van der Waals surface area contributed by atoms with Crippen LogP contribution in [0.2, 0.25) is 0 Å². The number of amides is 1. The molecule has 0 saturated heterocycles. The first kappa shape index (κ1) is 27.0. The lowest BCUT2D eigenvalue weighted by Crippen LogP contribution is -2.20. The van der Waals surface area contributed by atoms with E-state index >= 15 is 0 Å². The normalized spacial score (nSPS) is 11.5. The second-order valence-electron chi connectivity index (χ2n) is 9.85. The van der Waals surface area contributed by atoms with Crippen LogP contribution in [0.5, 0.6) is 0 Å². The van der Waals surface area contributed by atoms with Gasteiger partial charge in [0.2, 0.25) is 5.91 Å². The fourth-order valence-corrected chi connectivity index (χ4v) is 4.30. The van der Waals surface area contributed by atoms with Gasteiger partial charge in [0.1, 0.15) is 0 Å². The molecular weight excluding hydrogens is 410 g/mol. The number of carbonyl (C=O) groups excluding carboxylic acids is 1. The highest BCUT2D eigenvalue weighted by molar-refractivity contribution is 5.93. The van der Waals surface area contributed by atoms with Crippen LogP contribution in [0.1, 0.15) is 128 Å². The summed E-state index contributed by atoms with van der Waals surface area (Å²) in [6, 6.07) is 6.27. The Balaban J connectivity index is 1.81. The molecule has 33 heavy (non-hydrogen) atoms. The van der Waals surface area contributed by atoms with E-state index in [4.69, 9.17) is 0 Å². The van der Waals surface area contributed by atoms with Crippen LogP contribution in [0.3, 0.4) is 0 Å². The van der Waals surface area contributed by atoms with E-state index in [9.17, 15) is 4.79 Å². The molecular formula is C27H45N5O. The number of carbonyl (C=O) groups is 1. The zero-order chi connectivity index (χ0) is 24.1. The van der Waals surface area contributed by atoms with E-state index in [1.807, 2.05) is 0 Å². The van der Waals surface area contributed by atoms with Gasteiger partial charge in [-0.15, -0.1) is 5.10 Å². The lowest BCUT2D eigenvalue weighted by Gasteiger charge is -2.20. The van der Waals surface area contributed by atoms with Crippen molar-refractivity contribution in [2.24, 2.45) is 0 Å². The molecule has 1 amide bonds. The van der Waals surface area contributed by atoms with Gasteiger partial charge in [0.15, 0.2) is 5.82 Å². The quantitative estimate of drug-likeness (QED) is 0.276. The minimum absolute atomic E-state index is 0.0656. The summed E-state index contributed by atoms with van der Waals surface area (Å²) < 4.78 is 1.79. The van der Waals surface area contributed by atoms with E-state index in [1.54, 1.807) is 4.68 Å². The summed E-state index contributed by atoms with van der Waals surface area (Å²) in [5.74, 6) is 1.24. The second kappa shape index (κ2) is 14.8. The lowest BCUT2D eigenvalue weighted by atomic mass is 9.92. The molecule has 0 aliphatic rings. The number of benzene rings is 1. The van der Waals surface area contributed by atoms with Crippen molar-refractivity contribution in [2.45, 2.75) is 124 Å². The average molecular weight is 456 g/mol. The third-order valence-electron chi connectivity index (χ3n) is 6.29. The standard InChI is InChI=1S/C27H45N5O/c1-6-7-8-9-10-11-12-13-14-15-19-32-25(29-30-31-32)20-26(33)28-27-23(21(2)3)17-16-18-24(27)22(4)5/h16-18,21-22H,6-15,19-20H2,1-5H3,(H,28,33). The highest BCUT2D eigenvalue weighted by Gasteiger charge is 2.18. The maximum absolute atomic E-state index is 12.9. The van der Waals surface area contributed by atoms with Crippen LogP contribution in [0.4, 0.5) is 5.69 Å². The number of hydrogen-bond acceptors (Lipinski definition) is 4. The predicted octanol–water partition coefficient (Wildman–Crippen LogP) is 7.02. The van der Waals surface area contributed by atoms with Gasteiger partial charge in [-0.05, 0) is 39.8 Å². The SMILES string of the molecule is CCCCCCCCCCCCn1nnnc1CC(=O)Nc1c(C(C)C)cccc1C(C)C. The summed E-state index contributed by atoms with van der Waals surface area (Å²) in [5.41, 5.74) is 3.28. The fourth-order valence-electron chi connectivity index (χ4n) is 4.30. The number of para-hydroxylation sites is 1. The molecule has 0 bridgehead atoms. The summed E-state index contributed by atoms with van der Waals surface area (Å²) >= 11 is 0. The number of nitrogens with one attached hydrogen (secondary N) is 1. The van der Waals surface area contributed by atoms with E-state index in [0.29, 0.717) is 17.7 Å². The first-order valence-corrected chi connectivity index (χ1v) is 13.1. The second-order valence-corrected chi connectivity index (χ2v) is 9.85. The fraction of sp³-hybridized carbons (Fsp3) is 0.704. The Hall–Kier alpha value is -2.24. The highest BCUT2D eigenvalue weighted by atomic mass is 16.1. The van der Waals surface area contributed by atoms with E-state index in [1.165, 1.54) is 68.9 Å². The minimum atomic E-state index is -0.0656. The Bertz CT molecular complexity index is 801. The Morgan fingerprint density at radius 2 is 1.42 bits per heavy atom. The molecule has 0 aliphatic carbocycles. The molecule has 0 aliphatic heterocycles. The molecule has 2 rings (SSSR count). The zero-order valence-corrected chi connectivity index (χ0v) is 21.6. The molecule has 0 saturated carbocycles. The summed E-state index contributed by atoms with van der Waals surface area (Å²) in [6.07, 6.45) is 13.1. The Morgan fingerprint density at radius 1 is 0.879 bits per heavy atom. The predicted molar refractivity (Wildman–Crippen MR) is 137 cm³/mol. The van der Waals surface area contributed by atoms with E-state index in [0.717, 1.165) is 18.7 Å². The van der Waals surface area contributed by atoms with Crippen molar-refractivity contribution >= 4 is 11.6 Å². The van der Waals surface area contributed by atoms with Crippen LogP contribution >= 0.6 is 0 Å². The molecule has 0 atom stereocenters. The number of aryl methyl sites for hydroxylation is 1. The molecule has 184 valence electrons. The molecule has 6 nitrogen and oxygen atoms in total. The van der Waals surface area contributed by atoms with Gasteiger partial charge in [0.25, 0.3) is 0 Å². The number of anilines is 1. The Kier molecular flexibility index (Phi) is 12.1. The number of nitrogens with zero attached hydrogens (tertiary/aromatic N) is 4. The van der Waals surface area contributed by atoms with Crippen LogP contribution in [0, 0.1) is 0 Å². The van der Waals surface area contributed by atoms with Gasteiger partial charge in [-0.2, -0.15) is 0 Å². The van der Waals surface area contributed by atoms with Crippen LogP contribution < -0.4 is 5.32 Å². The number of rotatable bonds is 16. The third-order valence-corrected chi connectivity index (χ3v) is 6.29. The topological polar surface area (TPSA) is 72.7 Å². The van der Waals surface area contributed by atoms with Crippen molar-refractivity contribution in [3.05, 3.63) is 35.2 Å². The van der Waals surface area contributed by atoms with Crippen LogP contribution in [0.15, 0.2) is 18.2 Å². The van der Waals surface area contributed by atoms with Gasteiger partial charge in [-0.1, -0.05) is 111 Å². The first-order valence-electron chi connectivity index (χ1n) is 13.1. The molecule has 0 radical (unpaired) electrons. The maximum Gasteiger partial charge on any atom is 0.232 e. The van der Waals surface area contributed by atoms with Crippen molar-refractivity contribution in [1.29, 1.82) is 0 Å². The largest absolute Gasteiger partial charge is 0.325 e. The van der Waals surface area contributed by atoms with Gasteiger partial charge in [-0.3, -0.25) is 4.79 Å². The molecule has 0 fully saturated rings. The van der Waals surface area contributed by atoms with Crippen molar-refractivity contribution in [2.75, 3.05) is 5.32 Å². The average Bonchev–Trinajstić information content (AvgIpc) is 3.21. The van der Waals surface area contributed by atoms with Gasteiger partial charge < -0.3 is 5.32 Å². The number of aromatic nitrogens is 4. The molecule has 2 aromatic rings. The van der Waals surface area contributed by atoms with Gasteiger partial charge >= 0.3 is 0 Å². The van der Waals surface area contributed by atoms with E-state index < -0.39 is 0 Å². The number of hydrogen-bond donors (Lipinski definition) is 1. The molecule has 1 N–H and O–H groups in total. The van der Waals surface area contributed by atoms with Crippen molar-refractivity contribution in [3.8, 4) is 0 Å². The number of unbranched alkanes of at least 4 members (excludes halogenated alkanes) is 9. The molecule has 1 aromatic heterocycles. The minimum Gasteiger partial charge on any atom is -0.325 e. The van der Waals surface area contributed by atoms with Crippen LogP contribution in [-0.4, -0.2) is 26.1 Å². The lowest BCUT2D eigenvalue weighted by molar-refractivity contribution is -0.115.